The Morgan fingerprint density at radius 3 is 2.40 bits per heavy atom. The zero-order valence-corrected chi connectivity index (χ0v) is 14.0. The molecule has 112 valence electrons. The summed E-state index contributed by atoms with van der Waals surface area (Å²) in [6.07, 6.45) is 0.695. The normalized spacial score (nSPS) is 14.1. The van der Waals surface area contributed by atoms with E-state index in [9.17, 15) is 9.90 Å². The fraction of sp³-hybridized carbons (Fsp3) is 0.562. The van der Waals surface area contributed by atoms with Crippen molar-refractivity contribution in [2.45, 2.75) is 45.6 Å². The zero-order valence-electron chi connectivity index (χ0n) is 12.4. The standard InChI is InChI=1S/C16H24BrNO2/c1-11(2)8-15(19)10-18-16(20)9-12(3)13-4-6-14(17)7-5-13/h4-7,11-12,15,19H,8-10H2,1-3H3,(H,18,20). The summed E-state index contributed by atoms with van der Waals surface area (Å²) >= 11 is 3.40. The minimum atomic E-state index is -0.457. The fourth-order valence-electron chi connectivity index (χ4n) is 2.12. The van der Waals surface area contributed by atoms with Crippen LogP contribution >= 0.6 is 15.9 Å². The molecule has 0 aliphatic heterocycles. The number of amides is 1. The smallest absolute Gasteiger partial charge is 0.220 e. The van der Waals surface area contributed by atoms with Crippen molar-refractivity contribution < 1.29 is 9.90 Å². The SMILES string of the molecule is CC(C)CC(O)CNC(=O)CC(C)c1ccc(Br)cc1. The number of benzene rings is 1. The molecule has 0 spiro atoms. The molecule has 2 N–H and O–H groups in total. The highest BCUT2D eigenvalue weighted by Gasteiger charge is 2.13. The van der Waals surface area contributed by atoms with Gasteiger partial charge in [0.2, 0.25) is 5.91 Å². The van der Waals surface area contributed by atoms with Gasteiger partial charge in [-0.05, 0) is 36.0 Å². The number of aliphatic hydroxyl groups is 1. The minimum Gasteiger partial charge on any atom is -0.391 e. The van der Waals surface area contributed by atoms with E-state index in [1.165, 1.54) is 0 Å². The quantitative estimate of drug-likeness (QED) is 0.797. The number of hydrogen-bond acceptors (Lipinski definition) is 2. The highest BCUT2D eigenvalue weighted by Crippen LogP contribution is 2.21. The van der Waals surface area contributed by atoms with Gasteiger partial charge in [-0.1, -0.05) is 48.8 Å². The van der Waals surface area contributed by atoms with Crippen molar-refractivity contribution in [2.75, 3.05) is 6.54 Å². The second-order valence-corrected chi connectivity index (χ2v) is 6.66. The third-order valence-corrected chi connectivity index (χ3v) is 3.74. The van der Waals surface area contributed by atoms with Crippen LogP contribution in [-0.2, 0) is 4.79 Å². The summed E-state index contributed by atoms with van der Waals surface area (Å²) in [6, 6.07) is 8.01. The van der Waals surface area contributed by atoms with Gasteiger partial charge in [-0.2, -0.15) is 0 Å². The predicted molar refractivity (Wildman–Crippen MR) is 85.6 cm³/mol. The first-order valence-electron chi connectivity index (χ1n) is 7.08. The van der Waals surface area contributed by atoms with Gasteiger partial charge in [0.1, 0.15) is 0 Å². The van der Waals surface area contributed by atoms with Crippen LogP contribution in [0.15, 0.2) is 28.7 Å². The van der Waals surface area contributed by atoms with Crippen molar-refractivity contribution in [3.8, 4) is 0 Å². The number of rotatable bonds is 7. The Balaban J connectivity index is 2.36. The first-order chi connectivity index (χ1) is 9.38. The lowest BCUT2D eigenvalue weighted by atomic mass is 9.97. The van der Waals surface area contributed by atoms with Crippen molar-refractivity contribution in [3.63, 3.8) is 0 Å². The maximum absolute atomic E-state index is 11.9. The van der Waals surface area contributed by atoms with Crippen molar-refractivity contribution in [2.24, 2.45) is 5.92 Å². The number of aliphatic hydroxyl groups excluding tert-OH is 1. The fourth-order valence-corrected chi connectivity index (χ4v) is 2.38. The number of nitrogens with one attached hydrogen (secondary N) is 1. The Hall–Kier alpha value is -0.870. The lowest BCUT2D eigenvalue weighted by Crippen LogP contribution is -2.33. The van der Waals surface area contributed by atoms with Gasteiger partial charge in [0.05, 0.1) is 6.10 Å². The predicted octanol–water partition coefficient (Wildman–Crippen LogP) is 3.47. The summed E-state index contributed by atoms with van der Waals surface area (Å²) in [6.45, 7) is 6.48. The molecular formula is C16H24BrNO2. The molecule has 0 aliphatic carbocycles. The van der Waals surface area contributed by atoms with Gasteiger partial charge < -0.3 is 10.4 Å². The van der Waals surface area contributed by atoms with Crippen LogP contribution in [0.1, 0.15) is 45.1 Å². The molecule has 2 atom stereocenters. The highest BCUT2D eigenvalue weighted by atomic mass is 79.9. The molecule has 1 aromatic carbocycles. The van der Waals surface area contributed by atoms with Crippen LogP contribution < -0.4 is 5.32 Å². The molecule has 0 saturated carbocycles. The molecule has 0 aliphatic rings. The Bertz CT molecular complexity index is 417. The van der Waals surface area contributed by atoms with Crippen LogP contribution in [0.25, 0.3) is 0 Å². The molecule has 0 saturated heterocycles. The van der Waals surface area contributed by atoms with Crippen molar-refractivity contribution in [3.05, 3.63) is 34.3 Å². The lowest BCUT2D eigenvalue weighted by Gasteiger charge is -2.16. The number of carbonyl (C=O) groups excluding carboxylic acids is 1. The van der Waals surface area contributed by atoms with Crippen LogP contribution in [0.2, 0.25) is 0 Å². The summed E-state index contributed by atoms with van der Waals surface area (Å²) in [7, 11) is 0. The van der Waals surface area contributed by atoms with E-state index in [-0.39, 0.29) is 11.8 Å². The average molecular weight is 342 g/mol. The van der Waals surface area contributed by atoms with Crippen molar-refractivity contribution in [1.29, 1.82) is 0 Å². The van der Waals surface area contributed by atoms with Gasteiger partial charge in [-0.3, -0.25) is 4.79 Å². The summed E-state index contributed by atoms with van der Waals surface area (Å²) in [5.74, 6) is 0.595. The number of halogens is 1. The summed E-state index contributed by atoms with van der Waals surface area (Å²) < 4.78 is 1.04. The topological polar surface area (TPSA) is 49.3 Å². The van der Waals surface area contributed by atoms with E-state index < -0.39 is 6.10 Å². The second-order valence-electron chi connectivity index (χ2n) is 5.74. The van der Waals surface area contributed by atoms with Crippen molar-refractivity contribution in [1.82, 2.24) is 5.32 Å². The van der Waals surface area contributed by atoms with Crippen LogP contribution in [0, 0.1) is 5.92 Å². The first-order valence-corrected chi connectivity index (χ1v) is 7.88. The maximum atomic E-state index is 11.9. The van der Waals surface area contributed by atoms with E-state index in [0.29, 0.717) is 25.3 Å². The molecule has 4 heteroatoms. The monoisotopic (exact) mass is 341 g/mol. The van der Waals surface area contributed by atoms with Gasteiger partial charge in [0.15, 0.2) is 0 Å². The van der Waals surface area contributed by atoms with E-state index in [1.54, 1.807) is 0 Å². The molecule has 2 unspecified atom stereocenters. The minimum absolute atomic E-state index is 0.0109. The number of carbonyl (C=O) groups is 1. The Morgan fingerprint density at radius 2 is 1.85 bits per heavy atom. The van der Waals surface area contributed by atoms with E-state index in [2.05, 4.69) is 35.1 Å². The molecule has 1 rings (SSSR count). The van der Waals surface area contributed by atoms with Crippen LogP contribution in [-0.4, -0.2) is 23.7 Å². The Morgan fingerprint density at radius 1 is 1.25 bits per heavy atom. The molecule has 0 bridgehead atoms. The van der Waals surface area contributed by atoms with Crippen LogP contribution in [0.5, 0.6) is 0 Å². The molecule has 1 amide bonds. The summed E-state index contributed by atoms with van der Waals surface area (Å²) in [5.41, 5.74) is 1.14. The molecular weight excluding hydrogens is 318 g/mol. The molecule has 0 radical (unpaired) electrons. The molecule has 20 heavy (non-hydrogen) atoms. The molecule has 0 heterocycles. The Kier molecular flexibility index (Phi) is 7.24. The van der Waals surface area contributed by atoms with Crippen molar-refractivity contribution >= 4 is 21.8 Å². The molecule has 0 fully saturated rings. The highest BCUT2D eigenvalue weighted by molar-refractivity contribution is 9.10. The van der Waals surface area contributed by atoms with E-state index in [1.807, 2.05) is 31.2 Å². The summed E-state index contributed by atoms with van der Waals surface area (Å²) in [4.78, 5) is 11.9. The van der Waals surface area contributed by atoms with E-state index in [4.69, 9.17) is 0 Å². The van der Waals surface area contributed by atoms with Gasteiger partial charge >= 0.3 is 0 Å². The molecule has 0 aromatic heterocycles. The van der Waals surface area contributed by atoms with Gasteiger partial charge in [0.25, 0.3) is 0 Å². The zero-order chi connectivity index (χ0) is 15.1. The molecule has 3 nitrogen and oxygen atoms in total. The van der Waals surface area contributed by atoms with Crippen LogP contribution in [0.3, 0.4) is 0 Å². The average Bonchev–Trinajstić information content (AvgIpc) is 2.36. The largest absolute Gasteiger partial charge is 0.391 e. The summed E-state index contributed by atoms with van der Waals surface area (Å²) in [5, 5.41) is 12.5. The third-order valence-electron chi connectivity index (χ3n) is 3.21. The Labute approximate surface area is 129 Å². The third kappa shape index (κ3) is 6.53. The van der Waals surface area contributed by atoms with E-state index in [0.717, 1.165) is 10.0 Å². The van der Waals surface area contributed by atoms with Gasteiger partial charge in [-0.15, -0.1) is 0 Å². The molecule has 1 aromatic rings. The van der Waals surface area contributed by atoms with Gasteiger partial charge in [-0.25, -0.2) is 0 Å². The number of hydrogen-bond donors (Lipinski definition) is 2. The van der Waals surface area contributed by atoms with Gasteiger partial charge in [0, 0.05) is 17.4 Å². The maximum Gasteiger partial charge on any atom is 0.220 e. The lowest BCUT2D eigenvalue weighted by molar-refractivity contribution is -0.121. The second kappa shape index (κ2) is 8.42. The van der Waals surface area contributed by atoms with Crippen LogP contribution in [0.4, 0.5) is 0 Å². The first kappa shape index (κ1) is 17.2. The van der Waals surface area contributed by atoms with E-state index >= 15 is 0 Å².